The summed E-state index contributed by atoms with van der Waals surface area (Å²) in [5.41, 5.74) is 0.542. The molecule has 1 saturated heterocycles. The highest BCUT2D eigenvalue weighted by atomic mass is 35.5. The summed E-state index contributed by atoms with van der Waals surface area (Å²) in [6.07, 6.45) is 2.92. The number of carbonyl (C=O) groups is 3. The van der Waals surface area contributed by atoms with E-state index in [0.717, 1.165) is 30.6 Å². The average molecular weight is 464 g/mol. The second-order valence-electron chi connectivity index (χ2n) is 7.69. The molecule has 8 nitrogen and oxygen atoms in total. The van der Waals surface area contributed by atoms with E-state index in [1.54, 1.807) is 29.2 Å². The Bertz CT molecular complexity index is 943. The number of nitrogens with zero attached hydrogens (tertiary/aromatic N) is 3. The van der Waals surface area contributed by atoms with Gasteiger partial charge in [-0.05, 0) is 50.3 Å². The molecule has 3 amide bonds. The number of likely N-dealkylation sites (tertiary alicyclic amines) is 1. The summed E-state index contributed by atoms with van der Waals surface area (Å²) >= 11 is 6.89. The van der Waals surface area contributed by atoms with Crippen molar-refractivity contribution < 1.29 is 14.4 Å². The SMILES string of the molecule is CC[C@H](C)NC(=O)CC1CCN(C(=O)c2nnc(C(=O)Nc3cccc(Cl)c3)s2)CC1. The van der Waals surface area contributed by atoms with Gasteiger partial charge in [0.2, 0.25) is 15.9 Å². The van der Waals surface area contributed by atoms with Crippen LogP contribution in [0.4, 0.5) is 5.69 Å². The first-order valence-electron chi connectivity index (χ1n) is 10.3. The second kappa shape index (κ2) is 10.7. The van der Waals surface area contributed by atoms with Crippen LogP contribution in [0, 0.1) is 5.92 Å². The molecule has 1 aliphatic rings. The zero-order valence-corrected chi connectivity index (χ0v) is 19.1. The van der Waals surface area contributed by atoms with Gasteiger partial charge in [0.15, 0.2) is 0 Å². The van der Waals surface area contributed by atoms with Gasteiger partial charge in [0.25, 0.3) is 11.8 Å². The Morgan fingerprint density at radius 1 is 1.23 bits per heavy atom. The monoisotopic (exact) mass is 463 g/mol. The Labute approximate surface area is 190 Å². The van der Waals surface area contributed by atoms with Crippen molar-refractivity contribution in [3.05, 3.63) is 39.3 Å². The third-order valence-corrected chi connectivity index (χ3v) is 6.43. The molecule has 0 aliphatic carbocycles. The van der Waals surface area contributed by atoms with Crippen molar-refractivity contribution in [1.82, 2.24) is 20.4 Å². The zero-order chi connectivity index (χ0) is 22.4. The van der Waals surface area contributed by atoms with Crippen molar-refractivity contribution >= 4 is 46.3 Å². The van der Waals surface area contributed by atoms with Gasteiger partial charge in [-0.3, -0.25) is 14.4 Å². The quantitative estimate of drug-likeness (QED) is 0.652. The fourth-order valence-corrected chi connectivity index (χ4v) is 4.22. The average Bonchev–Trinajstić information content (AvgIpc) is 3.24. The number of anilines is 1. The minimum absolute atomic E-state index is 0.0682. The molecule has 2 aromatic rings. The van der Waals surface area contributed by atoms with Crippen LogP contribution in [0.15, 0.2) is 24.3 Å². The summed E-state index contributed by atoms with van der Waals surface area (Å²) in [5, 5.41) is 14.3. The van der Waals surface area contributed by atoms with Crippen LogP contribution in [0.25, 0.3) is 0 Å². The molecule has 0 spiro atoms. The van der Waals surface area contributed by atoms with Crippen LogP contribution < -0.4 is 10.6 Å². The maximum atomic E-state index is 12.8. The fourth-order valence-electron chi connectivity index (χ4n) is 3.33. The zero-order valence-electron chi connectivity index (χ0n) is 17.6. The van der Waals surface area contributed by atoms with E-state index in [0.29, 0.717) is 30.2 Å². The van der Waals surface area contributed by atoms with Crippen molar-refractivity contribution in [3.8, 4) is 0 Å². The molecule has 1 fully saturated rings. The van der Waals surface area contributed by atoms with E-state index < -0.39 is 5.91 Å². The second-order valence-corrected chi connectivity index (χ2v) is 9.11. The number of aromatic nitrogens is 2. The Morgan fingerprint density at radius 2 is 1.94 bits per heavy atom. The molecule has 31 heavy (non-hydrogen) atoms. The lowest BCUT2D eigenvalue weighted by molar-refractivity contribution is -0.122. The lowest BCUT2D eigenvalue weighted by Gasteiger charge is -2.31. The van der Waals surface area contributed by atoms with Crippen molar-refractivity contribution in [1.29, 1.82) is 0 Å². The van der Waals surface area contributed by atoms with Crippen molar-refractivity contribution in [3.63, 3.8) is 0 Å². The molecule has 166 valence electrons. The summed E-state index contributed by atoms with van der Waals surface area (Å²) in [5.74, 6) is -0.341. The number of rotatable bonds is 7. The molecule has 2 heterocycles. The third kappa shape index (κ3) is 6.48. The number of piperidine rings is 1. The lowest BCUT2D eigenvalue weighted by Crippen LogP contribution is -2.40. The summed E-state index contributed by atoms with van der Waals surface area (Å²) in [6, 6.07) is 6.95. The highest BCUT2D eigenvalue weighted by Crippen LogP contribution is 2.23. The molecule has 0 radical (unpaired) electrons. The predicted molar refractivity (Wildman–Crippen MR) is 120 cm³/mol. The largest absolute Gasteiger partial charge is 0.354 e. The topological polar surface area (TPSA) is 104 Å². The maximum absolute atomic E-state index is 12.8. The van der Waals surface area contributed by atoms with Crippen molar-refractivity contribution in [2.24, 2.45) is 5.92 Å². The van der Waals surface area contributed by atoms with E-state index in [9.17, 15) is 14.4 Å². The predicted octanol–water partition coefficient (Wildman–Crippen LogP) is 3.60. The van der Waals surface area contributed by atoms with Crippen LogP contribution in [-0.4, -0.2) is 52.0 Å². The molecule has 1 atom stereocenters. The van der Waals surface area contributed by atoms with E-state index in [4.69, 9.17) is 11.6 Å². The van der Waals surface area contributed by atoms with Crippen LogP contribution in [0.5, 0.6) is 0 Å². The molecule has 3 rings (SSSR count). The van der Waals surface area contributed by atoms with E-state index >= 15 is 0 Å². The molecular formula is C21H26ClN5O3S. The Morgan fingerprint density at radius 3 is 2.61 bits per heavy atom. The van der Waals surface area contributed by atoms with Gasteiger partial charge in [0.1, 0.15) is 0 Å². The summed E-state index contributed by atoms with van der Waals surface area (Å²) < 4.78 is 0. The Balaban J connectivity index is 1.51. The number of benzene rings is 1. The molecule has 1 aliphatic heterocycles. The first-order chi connectivity index (χ1) is 14.9. The molecule has 1 aromatic carbocycles. The number of nitrogens with one attached hydrogen (secondary N) is 2. The number of carbonyl (C=O) groups excluding carboxylic acids is 3. The minimum atomic E-state index is -0.440. The highest BCUT2D eigenvalue weighted by molar-refractivity contribution is 7.15. The van der Waals surface area contributed by atoms with Gasteiger partial charge in [0.05, 0.1) is 0 Å². The number of hydrogen-bond donors (Lipinski definition) is 2. The fraction of sp³-hybridized carbons (Fsp3) is 0.476. The van der Waals surface area contributed by atoms with Crippen LogP contribution in [0.3, 0.4) is 0 Å². The molecule has 0 unspecified atom stereocenters. The van der Waals surface area contributed by atoms with Gasteiger partial charge < -0.3 is 15.5 Å². The standard InChI is InChI=1S/C21H26ClN5O3S/c1-3-13(2)23-17(28)11-14-7-9-27(10-8-14)21(30)20-26-25-19(31-20)18(29)24-16-6-4-5-15(22)12-16/h4-6,12-14H,3,7-11H2,1-2H3,(H,23,28)(H,24,29)/t13-/m0/s1. The number of hydrogen-bond acceptors (Lipinski definition) is 6. The van der Waals surface area contributed by atoms with Gasteiger partial charge in [-0.2, -0.15) is 0 Å². The van der Waals surface area contributed by atoms with Crippen LogP contribution in [-0.2, 0) is 4.79 Å². The summed E-state index contributed by atoms with van der Waals surface area (Å²) in [7, 11) is 0. The van der Waals surface area contributed by atoms with E-state index in [1.165, 1.54) is 0 Å². The first-order valence-corrected chi connectivity index (χ1v) is 11.5. The van der Waals surface area contributed by atoms with Gasteiger partial charge in [-0.15, -0.1) is 10.2 Å². The van der Waals surface area contributed by atoms with Gasteiger partial charge in [-0.25, -0.2) is 0 Å². The van der Waals surface area contributed by atoms with E-state index in [1.807, 2.05) is 13.8 Å². The number of halogens is 1. The summed E-state index contributed by atoms with van der Waals surface area (Å²) in [6.45, 7) is 5.15. The molecule has 0 saturated carbocycles. The molecule has 0 bridgehead atoms. The van der Waals surface area contributed by atoms with Gasteiger partial charge >= 0.3 is 0 Å². The van der Waals surface area contributed by atoms with Crippen molar-refractivity contribution in [2.75, 3.05) is 18.4 Å². The first kappa shape index (κ1) is 23.1. The smallest absolute Gasteiger partial charge is 0.286 e. The summed E-state index contributed by atoms with van der Waals surface area (Å²) in [4.78, 5) is 38.9. The van der Waals surface area contributed by atoms with E-state index in [-0.39, 0.29) is 33.8 Å². The number of amides is 3. The molecule has 10 heteroatoms. The molecular weight excluding hydrogens is 438 g/mol. The van der Waals surface area contributed by atoms with Crippen LogP contribution >= 0.6 is 22.9 Å². The minimum Gasteiger partial charge on any atom is -0.354 e. The van der Waals surface area contributed by atoms with Crippen molar-refractivity contribution in [2.45, 2.75) is 45.6 Å². The molecule has 1 aromatic heterocycles. The van der Waals surface area contributed by atoms with Gasteiger partial charge in [0, 0.05) is 36.3 Å². The van der Waals surface area contributed by atoms with Gasteiger partial charge in [-0.1, -0.05) is 35.9 Å². The van der Waals surface area contributed by atoms with Crippen LogP contribution in [0.1, 0.15) is 59.1 Å². The third-order valence-electron chi connectivity index (χ3n) is 5.28. The van der Waals surface area contributed by atoms with E-state index in [2.05, 4.69) is 20.8 Å². The Hall–Kier alpha value is -2.52. The lowest BCUT2D eigenvalue weighted by atomic mass is 9.93. The normalized spacial score (nSPS) is 15.4. The Kier molecular flexibility index (Phi) is 7.97. The van der Waals surface area contributed by atoms with Crippen LogP contribution in [0.2, 0.25) is 5.02 Å². The highest BCUT2D eigenvalue weighted by Gasteiger charge is 2.28. The molecule has 2 N–H and O–H groups in total. The maximum Gasteiger partial charge on any atom is 0.286 e.